The summed E-state index contributed by atoms with van der Waals surface area (Å²) in [5, 5.41) is 0. The molecule has 0 amide bonds. The van der Waals surface area contributed by atoms with Crippen LogP contribution in [0.4, 0.5) is 0 Å². The first-order chi connectivity index (χ1) is 14.3. The number of ether oxygens (including phenoxy) is 1. The number of allylic oxidation sites excluding steroid dienone is 2. The Bertz CT molecular complexity index is 587. The summed E-state index contributed by atoms with van der Waals surface area (Å²) < 4.78 is 5.93. The molecule has 7 rings (SSSR count). The summed E-state index contributed by atoms with van der Waals surface area (Å²) in [6.45, 7) is 1.04. The number of hydrogen-bond acceptors (Lipinski definition) is 1. The normalized spacial score (nSPS) is 52.4. The first kappa shape index (κ1) is 19.4. The summed E-state index contributed by atoms with van der Waals surface area (Å²) in [6.07, 6.45) is 29.8. The lowest BCUT2D eigenvalue weighted by atomic mass is 9.56. The second-order valence-corrected chi connectivity index (χ2v) is 12.1. The van der Waals surface area contributed by atoms with Gasteiger partial charge in [0.25, 0.3) is 0 Å². The topological polar surface area (TPSA) is 9.23 Å². The largest absolute Gasteiger partial charge is 0.378 e. The molecule has 0 aromatic carbocycles. The van der Waals surface area contributed by atoms with Crippen molar-refractivity contribution in [3.05, 3.63) is 12.2 Å². The van der Waals surface area contributed by atoms with E-state index in [9.17, 15) is 0 Å². The van der Waals surface area contributed by atoms with Crippen molar-refractivity contribution in [2.75, 3.05) is 6.61 Å². The van der Waals surface area contributed by atoms with Gasteiger partial charge in [0.15, 0.2) is 0 Å². The van der Waals surface area contributed by atoms with Crippen LogP contribution >= 0.6 is 0 Å². The lowest BCUT2D eigenvalue weighted by Gasteiger charge is -2.49. The van der Waals surface area contributed by atoms with Crippen LogP contribution in [0.15, 0.2) is 12.2 Å². The molecule has 1 nitrogen and oxygen atoms in total. The third-order valence-electron chi connectivity index (χ3n) is 10.9. The molecule has 2 bridgehead atoms. The zero-order chi connectivity index (χ0) is 19.3. The van der Waals surface area contributed by atoms with E-state index in [0.717, 1.165) is 48.0 Å². The zero-order valence-electron chi connectivity index (χ0n) is 18.7. The van der Waals surface area contributed by atoms with E-state index in [1.807, 2.05) is 0 Å². The monoisotopic (exact) mass is 396 g/mol. The standard InChI is InChI=1S/C15H22.C13H22O/c1-2-4-13-12(3-1)6-8-15-7-5-11(10-15)9-14(13)15;1-2-5-11-10(4-1)7-8-13-12(11)6-3-9-14-13/h5,7,11-14H,1-4,6,8-10H2;10-13H,1-9H2. The van der Waals surface area contributed by atoms with Crippen molar-refractivity contribution < 1.29 is 4.74 Å². The molecule has 0 radical (unpaired) electrons. The average Bonchev–Trinajstić information content (AvgIpc) is 3.38. The van der Waals surface area contributed by atoms with Crippen molar-refractivity contribution in [1.82, 2.24) is 0 Å². The highest BCUT2D eigenvalue weighted by Gasteiger charge is 2.55. The van der Waals surface area contributed by atoms with E-state index in [4.69, 9.17) is 4.74 Å². The van der Waals surface area contributed by atoms with Crippen LogP contribution in [0, 0.1) is 46.8 Å². The zero-order valence-corrected chi connectivity index (χ0v) is 18.7. The summed E-state index contributed by atoms with van der Waals surface area (Å²) in [4.78, 5) is 0. The van der Waals surface area contributed by atoms with E-state index in [1.165, 1.54) is 77.0 Å². The molecule has 1 aliphatic heterocycles. The van der Waals surface area contributed by atoms with Gasteiger partial charge in [-0.15, -0.1) is 0 Å². The maximum absolute atomic E-state index is 5.93. The Morgan fingerprint density at radius 1 is 0.690 bits per heavy atom. The minimum atomic E-state index is 0.656. The number of fused-ring (bicyclic) bond motifs is 6. The van der Waals surface area contributed by atoms with E-state index in [1.54, 1.807) is 25.7 Å². The van der Waals surface area contributed by atoms with Crippen LogP contribution in [0.5, 0.6) is 0 Å². The Balaban J connectivity index is 0.000000114. The predicted octanol–water partition coefficient (Wildman–Crippen LogP) is 7.55. The lowest BCUT2D eigenvalue weighted by molar-refractivity contribution is -0.0937. The molecule has 6 aliphatic carbocycles. The van der Waals surface area contributed by atoms with Crippen LogP contribution in [-0.4, -0.2) is 12.7 Å². The second kappa shape index (κ2) is 7.99. The molecule has 1 heterocycles. The van der Waals surface area contributed by atoms with E-state index in [0.29, 0.717) is 11.5 Å². The van der Waals surface area contributed by atoms with Crippen LogP contribution in [0.3, 0.4) is 0 Å². The molecule has 5 saturated carbocycles. The van der Waals surface area contributed by atoms with Crippen LogP contribution in [0.1, 0.15) is 103 Å². The molecule has 9 atom stereocenters. The molecular weight excluding hydrogens is 352 g/mol. The quantitative estimate of drug-likeness (QED) is 0.384. The van der Waals surface area contributed by atoms with E-state index >= 15 is 0 Å². The third-order valence-corrected chi connectivity index (χ3v) is 10.9. The molecule has 0 N–H and O–H groups in total. The summed E-state index contributed by atoms with van der Waals surface area (Å²) >= 11 is 0. The molecule has 162 valence electrons. The Morgan fingerprint density at radius 3 is 2.31 bits per heavy atom. The molecule has 6 fully saturated rings. The van der Waals surface area contributed by atoms with Gasteiger partial charge in [0.05, 0.1) is 6.10 Å². The summed E-state index contributed by atoms with van der Waals surface area (Å²) in [6, 6.07) is 0. The highest BCUT2D eigenvalue weighted by atomic mass is 16.5. The number of rotatable bonds is 0. The predicted molar refractivity (Wildman–Crippen MR) is 120 cm³/mol. The van der Waals surface area contributed by atoms with Crippen molar-refractivity contribution >= 4 is 0 Å². The van der Waals surface area contributed by atoms with Gasteiger partial charge in [0.1, 0.15) is 0 Å². The highest BCUT2D eigenvalue weighted by molar-refractivity contribution is 5.21. The van der Waals surface area contributed by atoms with E-state index < -0.39 is 0 Å². The van der Waals surface area contributed by atoms with Gasteiger partial charge in [0, 0.05) is 6.61 Å². The molecular formula is C28H44O. The van der Waals surface area contributed by atoms with Gasteiger partial charge in [-0.3, -0.25) is 0 Å². The molecule has 0 aromatic rings. The van der Waals surface area contributed by atoms with Crippen LogP contribution in [-0.2, 0) is 4.74 Å². The molecule has 1 heteroatoms. The van der Waals surface area contributed by atoms with E-state index in [-0.39, 0.29) is 0 Å². The Morgan fingerprint density at radius 2 is 1.45 bits per heavy atom. The van der Waals surface area contributed by atoms with Gasteiger partial charge >= 0.3 is 0 Å². The van der Waals surface area contributed by atoms with Gasteiger partial charge in [-0.1, -0.05) is 50.7 Å². The van der Waals surface area contributed by atoms with Gasteiger partial charge < -0.3 is 4.74 Å². The summed E-state index contributed by atoms with van der Waals surface area (Å²) in [5.74, 6) is 7.41. The lowest BCUT2D eigenvalue weighted by Crippen LogP contribution is -2.43. The third kappa shape index (κ3) is 3.46. The van der Waals surface area contributed by atoms with Crippen molar-refractivity contribution in [1.29, 1.82) is 0 Å². The SMILES string of the molecule is C1=CC23CCC4CCCCC4C2CC1C3.C1CCC2C(C1)CCC1OCCCC12. The van der Waals surface area contributed by atoms with Crippen molar-refractivity contribution in [3.8, 4) is 0 Å². The molecule has 0 aromatic heterocycles. The average molecular weight is 397 g/mol. The van der Waals surface area contributed by atoms with Gasteiger partial charge in [-0.2, -0.15) is 0 Å². The maximum Gasteiger partial charge on any atom is 0.0606 e. The first-order valence-corrected chi connectivity index (χ1v) is 13.6. The van der Waals surface area contributed by atoms with Crippen LogP contribution < -0.4 is 0 Å². The fourth-order valence-corrected chi connectivity index (χ4v) is 9.69. The smallest absolute Gasteiger partial charge is 0.0606 e. The van der Waals surface area contributed by atoms with Gasteiger partial charge in [-0.25, -0.2) is 0 Å². The summed E-state index contributed by atoms with van der Waals surface area (Å²) in [7, 11) is 0. The van der Waals surface area contributed by atoms with Crippen LogP contribution in [0.2, 0.25) is 0 Å². The van der Waals surface area contributed by atoms with Crippen molar-refractivity contribution in [2.45, 2.75) is 109 Å². The fraction of sp³-hybridized carbons (Fsp3) is 0.929. The molecule has 7 aliphatic rings. The molecule has 1 saturated heterocycles. The minimum absolute atomic E-state index is 0.656. The molecule has 1 spiro atoms. The number of hydrogen-bond donors (Lipinski definition) is 0. The molecule has 29 heavy (non-hydrogen) atoms. The fourth-order valence-electron chi connectivity index (χ4n) is 9.69. The van der Waals surface area contributed by atoms with Crippen molar-refractivity contribution in [3.63, 3.8) is 0 Å². The minimum Gasteiger partial charge on any atom is -0.378 e. The van der Waals surface area contributed by atoms with Gasteiger partial charge in [0.2, 0.25) is 0 Å². The first-order valence-electron chi connectivity index (χ1n) is 13.6. The second-order valence-electron chi connectivity index (χ2n) is 12.1. The highest BCUT2D eigenvalue weighted by Crippen LogP contribution is 2.64. The molecule has 9 unspecified atom stereocenters. The van der Waals surface area contributed by atoms with Crippen LogP contribution in [0.25, 0.3) is 0 Å². The maximum atomic E-state index is 5.93. The van der Waals surface area contributed by atoms with Gasteiger partial charge in [-0.05, 0) is 111 Å². The van der Waals surface area contributed by atoms with Crippen molar-refractivity contribution in [2.24, 2.45) is 46.8 Å². The Hall–Kier alpha value is -0.300. The Labute approximate surface area is 179 Å². The van der Waals surface area contributed by atoms with E-state index in [2.05, 4.69) is 12.2 Å². The summed E-state index contributed by atoms with van der Waals surface area (Å²) in [5.41, 5.74) is 0.711. The Kier molecular flexibility index (Phi) is 5.35.